The van der Waals surface area contributed by atoms with Crippen molar-refractivity contribution in [3.05, 3.63) is 29.6 Å². The van der Waals surface area contributed by atoms with Gasteiger partial charge in [-0.3, -0.25) is 0 Å². The topological polar surface area (TPSA) is 39.1 Å². The van der Waals surface area contributed by atoms with Crippen LogP contribution in [-0.2, 0) is 0 Å². The molecule has 0 radical (unpaired) electrons. The minimum atomic E-state index is -0.444. The number of anilines is 1. The van der Waals surface area contributed by atoms with E-state index in [0.717, 1.165) is 25.9 Å². The van der Waals surface area contributed by atoms with Crippen LogP contribution in [0.1, 0.15) is 18.4 Å². The van der Waals surface area contributed by atoms with Gasteiger partial charge >= 0.3 is 0 Å². The van der Waals surface area contributed by atoms with E-state index in [0.29, 0.717) is 11.7 Å². The van der Waals surface area contributed by atoms with E-state index in [-0.39, 0.29) is 5.56 Å². The van der Waals surface area contributed by atoms with Crippen molar-refractivity contribution in [2.75, 3.05) is 25.0 Å². The third-order valence-electron chi connectivity index (χ3n) is 3.30. The molecule has 90 valence electrons. The molecule has 0 bridgehead atoms. The summed E-state index contributed by atoms with van der Waals surface area (Å²) in [6.07, 6.45) is 2.19. The van der Waals surface area contributed by atoms with Crippen LogP contribution in [0.25, 0.3) is 0 Å². The van der Waals surface area contributed by atoms with E-state index < -0.39 is 5.82 Å². The van der Waals surface area contributed by atoms with Gasteiger partial charge in [-0.05, 0) is 31.5 Å². The summed E-state index contributed by atoms with van der Waals surface area (Å²) in [4.78, 5) is 2.01. The van der Waals surface area contributed by atoms with Crippen LogP contribution in [0.5, 0.6) is 0 Å². The molecule has 0 aromatic heterocycles. The lowest BCUT2D eigenvalue weighted by Crippen LogP contribution is -2.44. The fraction of sp³-hybridized carbons (Fsp3) is 0.462. The van der Waals surface area contributed by atoms with Crippen molar-refractivity contribution in [2.45, 2.75) is 18.9 Å². The van der Waals surface area contributed by atoms with Crippen molar-refractivity contribution < 1.29 is 4.39 Å². The van der Waals surface area contributed by atoms with Gasteiger partial charge in [0.15, 0.2) is 0 Å². The summed E-state index contributed by atoms with van der Waals surface area (Å²) in [6, 6.07) is 7.06. The molecule has 1 aromatic carbocycles. The normalized spacial score (nSPS) is 19.7. The van der Waals surface area contributed by atoms with Crippen molar-refractivity contribution in [1.82, 2.24) is 5.32 Å². The predicted molar refractivity (Wildman–Crippen MR) is 65.4 cm³/mol. The van der Waals surface area contributed by atoms with Gasteiger partial charge < -0.3 is 10.2 Å². The minimum absolute atomic E-state index is 0.139. The Balaban J connectivity index is 2.27. The molecule has 1 aliphatic heterocycles. The molecule has 3 nitrogen and oxygen atoms in total. The van der Waals surface area contributed by atoms with E-state index in [2.05, 4.69) is 5.32 Å². The summed E-state index contributed by atoms with van der Waals surface area (Å²) in [5.41, 5.74) is 0.821. The van der Waals surface area contributed by atoms with E-state index in [1.807, 2.05) is 18.0 Å². The van der Waals surface area contributed by atoms with Crippen LogP contribution in [0.2, 0.25) is 0 Å². The van der Waals surface area contributed by atoms with Gasteiger partial charge in [-0.1, -0.05) is 6.07 Å². The van der Waals surface area contributed by atoms with E-state index in [9.17, 15) is 4.39 Å². The predicted octanol–water partition coefficient (Wildman–Crippen LogP) is 1.89. The maximum Gasteiger partial charge on any atom is 0.143 e. The first kappa shape index (κ1) is 11.9. The van der Waals surface area contributed by atoms with Gasteiger partial charge in [-0.25, -0.2) is 4.39 Å². The number of hydrogen-bond donors (Lipinski definition) is 1. The first-order valence-electron chi connectivity index (χ1n) is 5.86. The molecule has 4 heteroatoms. The molecule has 1 aromatic rings. The van der Waals surface area contributed by atoms with Crippen LogP contribution in [0.4, 0.5) is 10.1 Å². The number of nitrogens with zero attached hydrogens (tertiary/aromatic N) is 2. The standard InChI is InChI=1S/C13H16FN3/c1-17(10-4-3-7-16-9-10)13-6-2-5-12(14)11(13)8-15/h2,5-6,10,16H,3-4,7,9H2,1H3. The maximum atomic E-state index is 13.5. The lowest BCUT2D eigenvalue weighted by Gasteiger charge is -2.33. The molecule has 2 rings (SSSR count). The van der Waals surface area contributed by atoms with Gasteiger partial charge in [0.05, 0.1) is 5.69 Å². The minimum Gasteiger partial charge on any atom is -0.369 e. The van der Waals surface area contributed by atoms with Crippen molar-refractivity contribution >= 4 is 5.69 Å². The summed E-state index contributed by atoms with van der Waals surface area (Å²) in [5, 5.41) is 12.3. The Morgan fingerprint density at radius 2 is 2.35 bits per heavy atom. The summed E-state index contributed by atoms with van der Waals surface area (Å²) in [7, 11) is 1.92. The highest BCUT2D eigenvalue weighted by Crippen LogP contribution is 2.24. The molecule has 1 fully saturated rings. The highest BCUT2D eigenvalue weighted by molar-refractivity contribution is 5.60. The second kappa shape index (κ2) is 5.15. The lowest BCUT2D eigenvalue weighted by atomic mass is 10.0. The number of rotatable bonds is 2. The second-order valence-electron chi connectivity index (χ2n) is 4.36. The highest BCUT2D eigenvalue weighted by Gasteiger charge is 2.21. The summed E-state index contributed by atoms with van der Waals surface area (Å²) >= 11 is 0. The summed E-state index contributed by atoms with van der Waals surface area (Å²) in [5.74, 6) is -0.444. The zero-order chi connectivity index (χ0) is 12.3. The number of piperidine rings is 1. The monoisotopic (exact) mass is 233 g/mol. The Bertz CT molecular complexity index is 433. The van der Waals surface area contributed by atoms with E-state index in [1.165, 1.54) is 6.07 Å². The largest absolute Gasteiger partial charge is 0.369 e. The molecule has 17 heavy (non-hydrogen) atoms. The van der Waals surface area contributed by atoms with Gasteiger partial charge in [0.25, 0.3) is 0 Å². The summed E-state index contributed by atoms with van der Waals surface area (Å²) in [6.45, 7) is 1.93. The lowest BCUT2D eigenvalue weighted by molar-refractivity contribution is 0.444. The van der Waals surface area contributed by atoms with Crippen LogP contribution >= 0.6 is 0 Å². The average molecular weight is 233 g/mol. The molecule has 1 unspecified atom stereocenters. The summed E-state index contributed by atoms with van der Waals surface area (Å²) < 4.78 is 13.5. The fourth-order valence-electron chi connectivity index (χ4n) is 2.28. The first-order chi connectivity index (χ1) is 8.24. The zero-order valence-electron chi connectivity index (χ0n) is 9.91. The molecular weight excluding hydrogens is 217 g/mol. The van der Waals surface area contributed by atoms with Gasteiger partial charge in [-0.2, -0.15) is 5.26 Å². The Morgan fingerprint density at radius 1 is 1.53 bits per heavy atom. The molecule has 0 aliphatic carbocycles. The van der Waals surface area contributed by atoms with Gasteiger partial charge in [0, 0.05) is 19.6 Å². The Morgan fingerprint density at radius 3 is 3.00 bits per heavy atom. The Labute approximate surface area is 101 Å². The highest BCUT2D eigenvalue weighted by atomic mass is 19.1. The number of halogens is 1. The van der Waals surface area contributed by atoms with Gasteiger partial charge in [0.2, 0.25) is 0 Å². The fourth-order valence-corrected chi connectivity index (χ4v) is 2.28. The van der Waals surface area contributed by atoms with Crippen LogP contribution in [-0.4, -0.2) is 26.2 Å². The molecule has 1 saturated heterocycles. The molecule has 0 saturated carbocycles. The van der Waals surface area contributed by atoms with Gasteiger partial charge in [0.1, 0.15) is 17.4 Å². The zero-order valence-corrected chi connectivity index (χ0v) is 9.91. The van der Waals surface area contributed by atoms with E-state index in [1.54, 1.807) is 12.1 Å². The van der Waals surface area contributed by atoms with Crippen molar-refractivity contribution in [3.63, 3.8) is 0 Å². The molecule has 1 atom stereocenters. The second-order valence-corrected chi connectivity index (χ2v) is 4.36. The first-order valence-corrected chi connectivity index (χ1v) is 5.86. The Hall–Kier alpha value is -1.60. The average Bonchev–Trinajstić information content (AvgIpc) is 2.38. The van der Waals surface area contributed by atoms with Crippen LogP contribution in [0.15, 0.2) is 18.2 Å². The molecule has 1 heterocycles. The van der Waals surface area contributed by atoms with Crippen LogP contribution < -0.4 is 10.2 Å². The van der Waals surface area contributed by atoms with Crippen molar-refractivity contribution in [2.24, 2.45) is 0 Å². The number of nitriles is 1. The molecular formula is C13H16FN3. The maximum absolute atomic E-state index is 13.5. The number of hydrogen-bond acceptors (Lipinski definition) is 3. The smallest absolute Gasteiger partial charge is 0.143 e. The number of benzene rings is 1. The van der Waals surface area contributed by atoms with E-state index >= 15 is 0 Å². The van der Waals surface area contributed by atoms with Crippen molar-refractivity contribution in [1.29, 1.82) is 5.26 Å². The SMILES string of the molecule is CN(c1cccc(F)c1C#N)C1CCCNC1. The molecule has 0 spiro atoms. The van der Waals surface area contributed by atoms with Crippen LogP contribution in [0.3, 0.4) is 0 Å². The third kappa shape index (κ3) is 2.40. The Kier molecular flexibility index (Phi) is 3.60. The number of nitrogens with one attached hydrogen (secondary N) is 1. The molecule has 0 amide bonds. The molecule has 1 N–H and O–H groups in total. The quantitative estimate of drug-likeness (QED) is 0.847. The van der Waals surface area contributed by atoms with Gasteiger partial charge in [-0.15, -0.1) is 0 Å². The van der Waals surface area contributed by atoms with Crippen molar-refractivity contribution in [3.8, 4) is 6.07 Å². The van der Waals surface area contributed by atoms with Crippen LogP contribution in [0, 0.1) is 17.1 Å². The number of likely N-dealkylation sites (N-methyl/N-ethyl adjacent to an activating group) is 1. The van der Waals surface area contributed by atoms with E-state index in [4.69, 9.17) is 5.26 Å². The molecule has 1 aliphatic rings. The third-order valence-corrected chi connectivity index (χ3v) is 3.30.